The number of carbonyl (C=O) groups is 1. The van der Waals surface area contributed by atoms with Crippen LogP contribution < -0.4 is 0 Å². The fourth-order valence-electron chi connectivity index (χ4n) is 2.09. The Morgan fingerprint density at radius 3 is 2.87 bits per heavy atom. The molecule has 0 aromatic rings. The van der Waals surface area contributed by atoms with Gasteiger partial charge in [0.05, 0.1) is 6.61 Å². The molecular formula is C12H18O3. The third kappa shape index (κ3) is 2.07. The third-order valence-corrected chi connectivity index (χ3v) is 2.81. The minimum atomic E-state index is -0.942. The van der Waals surface area contributed by atoms with Crippen molar-refractivity contribution in [1.82, 2.24) is 0 Å². The Morgan fingerprint density at radius 1 is 1.47 bits per heavy atom. The number of ether oxygens (including phenoxy) is 2. The van der Waals surface area contributed by atoms with E-state index in [0.717, 1.165) is 25.0 Å². The Kier molecular flexibility index (Phi) is 2.83. The lowest BCUT2D eigenvalue weighted by Crippen LogP contribution is -2.42. The molecular weight excluding hydrogens is 192 g/mol. The molecule has 15 heavy (non-hydrogen) atoms. The Labute approximate surface area is 90.4 Å². The highest BCUT2D eigenvalue weighted by atomic mass is 16.7. The minimum absolute atomic E-state index is 0.00199. The topological polar surface area (TPSA) is 35.5 Å². The van der Waals surface area contributed by atoms with Crippen LogP contribution in [-0.4, -0.2) is 18.2 Å². The Morgan fingerprint density at radius 2 is 2.27 bits per heavy atom. The molecule has 1 saturated heterocycles. The molecule has 0 aromatic heterocycles. The predicted octanol–water partition coefficient (Wildman–Crippen LogP) is 2.41. The monoisotopic (exact) mass is 210 g/mol. The van der Waals surface area contributed by atoms with E-state index >= 15 is 0 Å². The average molecular weight is 210 g/mol. The van der Waals surface area contributed by atoms with Gasteiger partial charge in [-0.2, -0.15) is 0 Å². The summed E-state index contributed by atoms with van der Waals surface area (Å²) in [5, 5.41) is 0. The molecule has 2 heterocycles. The van der Waals surface area contributed by atoms with Gasteiger partial charge in [-0.05, 0) is 18.8 Å². The van der Waals surface area contributed by atoms with Gasteiger partial charge in [0.15, 0.2) is 0 Å². The van der Waals surface area contributed by atoms with Gasteiger partial charge < -0.3 is 9.47 Å². The quantitative estimate of drug-likeness (QED) is 0.702. The Bertz CT molecular complexity index is 285. The van der Waals surface area contributed by atoms with Gasteiger partial charge in [0.2, 0.25) is 5.78 Å². The van der Waals surface area contributed by atoms with Gasteiger partial charge in [-0.1, -0.05) is 13.8 Å². The van der Waals surface area contributed by atoms with Crippen molar-refractivity contribution in [1.29, 1.82) is 0 Å². The lowest BCUT2D eigenvalue weighted by Gasteiger charge is -2.32. The highest BCUT2D eigenvalue weighted by Gasteiger charge is 2.46. The van der Waals surface area contributed by atoms with E-state index in [-0.39, 0.29) is 5.78 Å². The number of hydrogen-bond acceptors (Lipinski definition) is 3. The molecule has 84 valence electrons. The van der Waals surface area contributed by atoms with Gasteiger partial charge in [-0.15, -0.1) is 0 Å². The van der Waals surface area contributed by atoms with Gasteiger partial charge in [-0.3, -0.25) is 4.79 Å². The molecule has 2 aliphatic rings. The maximum atomic E-state index is 11.8. The van der Waals surface area contributed by atoms with Crippen LogP contribution in [0, 0.1) is 5.92 Å². The van der Waals surface area contributed by atoms with Crippen LogP contribution >= 0.6 is 0 Å². The van der Waals surface area contributed by atoms with Gasteiger partial charge >= 0.3 is 0 Å². The maximum absolute atomic E-state index is 11.8. The summed E-state index contributed by atoms with van der Waals surface area (Å²) in [6, 6.07) is 0. The summed E-state index contributed by atoms with van der Waals surface area (Å²) in [6.45, 7) is 4.86. The Hall–Kier alpha value is -0.830. The highest BCUT2D eigenvalue weighted by molar-refractivity contribution is 5.98. The summed E-state index contributed by atoms with van der Waals surface area (Å²) in [5.74, 6) is 0.347. The average Bonchev–Trinajstić information content (AvgIpc) is 2.43. The van der Waals surface area contributed by atoms with E-state index in [9.17, 15) is 4.79 Å². The number of rotatable bonds is 2. The lowest BCUT2D eigenvalue weighted by molar-refractivity contribution is -0.217. The van der Waals surface area contributed by atoms with E-state index in [2.05, 4.69) is 13.8 Å². The van der Waals surface area contributed by atoms with E-state index in [1.807, 2.05) is 0 Å². The molecule has 1 unspecified atom stereocenters. The van der Waals surface area contributed by atoms with Gasteiger partial charge in [0.1, 0.15) is 5.76 Å². The van der Waals surface area contributed by atoms with Crippen LogP contribution in [-0.2, 0) is 14.3 Å². The van der Waals surface area contributed by atoms with E-state index < -0.39 is 5.79 Å². The minimum Gasteiger partial charge on any atom is -0.459 e. The molecule has 1 spiro atoms. The molecule has 1 atom stereocenters. The van der Waals surface area contributed by atoms with Crippen LogP contribution in [0.5, 0.6) is 0 Å². The van der Waals surface area contributed by atoms with Crippen LogP contribution in [0.3, 0.4) is 0 Å². The molecule has 0 aromatic carbocycles. The van der Waals surface area contributed by atoms with E-state index in [1.54, 1.807) is 6.08 Å². The van der Waals surface area contributed by atoms with Crippen molar-refractivity contribution in [2.24, 2.45) is 5.92 Å². The zero-order chi connectivity index (χ0) is 10.9. The normalized spacial score (nSPS) is 30.9. The van der Waals surface area contributed by atoms with Crippen molar-refractivity contribution in [2.75, 3.05) is 6.61 Å². The SMILES string of the molecule is CC(C)CC1=CC(=O)C2(CCCCO2)O1. The third-order valence-electron chi connectivity index (χ3n) is 2.81. The van der Waals surface area contributed by atoms with Crippen molar-refractivity contribution in [2.45, 2.75) is 45.3 Å². The first kappa shape index (κ1) is 10.7. The molecule has 0 amide bonds. The first-order valence-electron chi connectivity index (χ1n) is 5.70. The highest BCUT2D eigenvalue weighted by Crippen LogP contribution is 2.36. The predicted molar refractivity (Wildman–Crippen MR) is 56.2 cm³/mol. The molecule has 2 aliphatic heterocycles. The van der Waals surface area contributed by atoms with Crippen molar-refractivity contribution in [3.63, 3.8) is 0 Å². The first-order valence-corrected chi connectivity index (χ1v) is 5.70. The molecule has 1 fully saturated rings. The van der Waals surface area contributed by atoms with Crippen molar-refractivity contribution in [3.05, 3.63) is 11.8 Å². The molecule has 2 rings (SSSR count). The fourth-order valence-corrected chi connectivity index (χ4v) is 2.09. The number of allylic oxidation sites excluding steroid dienone is 1. The van der Waals surface area contributed by atoms with Crippen LogP contribution in [0.1, 0.15) is 39.5 Å². The molecule has 0 N–H and O–H groups in total. The number of hydrogen-bond donors (Lipinski definition) is 0. The largest absolute Gasteiger partial charge is 0.459 e. The van der Waals surface area contributed by atoms with Gasteiger partial charge in [0, 0.05) is 18.9 Å². The summed E-state index contributed by atoms with van der Waals surface area (Å²) >= 11 is 0. The van der Waals surface area contributed by atoms with Crippen molar-refractivity contribution >= 4 is 5.78 Å². The summed E-state index contributed by atoms with van der Waals surface area (Å²) in [6.07, 6.45) is 5.17. The molecule has 0 radical (unpaired) electrons. The van der Waals surface area contributed by atoms with Crippen LogP contribution in [0.2, 0.25) is 0 Å². The summed E-state index contributed by atoms with van der Waals surface area (Å²) in [4.78, 5) is 11.8. The summed E-state index contributed by atoms with van der Waals surface area (Å²) in [5.41, 5.74) is 0. The standard InChI is InChI=1S/C12H18O3/c1-9(2)7-10-8-11(13)12(15-10)5-3-4-6-14-12/h8-9H,3-7H2,1-2H3. The van der Waals surface area contributed by atoms with Crippen LogP contribution in [0.25, 0.3) is 0 Å². The molecule has 3 nitrogen and oxygen atoms in total. The van der Waals surface area contributed by atoms with Crippen molar-refractivity contribution in [3.8, 4) is 0 Å². The van der Waals surface area contributed by atoms with Crippen LogP contribution in [0.15, 0.2) is 11.8 Å². The zero-order valence-corrected chi connectivity index (χ0v) is 9.41. The number of carbonyl (C=O) groups excluding carboxylic acids is 1. The molecule has 0 saturated carbocycles. The lowest BCUT2D eigenvalue weighted by atomic mass is 10.0. The first-order chi connectivity index (χ1) is 7.12. The van der Waals surface area contributed by atoms with E-state index in [4.69, 9.17) is 9.47 Å². The second-order valence-corrected chi connectivity index (χ2v) is 4.73. The van der Waals surface area contributed by atoms with Crippen LogP contribution in [0.4, 0.5) is 0 Å². The molecule has 3 heteroatoms. The van der Waals surface area contributed by atoms with Gasteiger partial charge in [0.25, 0.3) is 5.79 Å². The zero-order valence-electron chi connectivity index (χ0n) is 9.41. The van der Waals surface area contributed by atoms with Crippen molar-refractivity contribution < 1.29 is 14.3 Å². The summed E-state index contributed by atoms with van der Waals surface area (Å²) in [7, 11) is 0. The molecule has 0 aliphatic carbocycles. The second-order valence-electron chi connectivity index (χ2n) is 4.73. The second kappa shape index (κ2) is 3.97. The summed E-state index contributed by atoms with van der Waals surface area (Å²) < 4.78 is 11.2. The number of ketones is 1. The van der Waals surface area contributed by atoms with Gasteiger partial charge in [-0.25, -0.2) is 0 Å². The maximum Gasteiger partial charge on any atom is 0.274 e. The smallest absolute Gasteiger partial charge is 0.274 e. The Balaban J connectivity index is 2.05. The molecule has 0 bridgehead atoms. The van der Waals surface area contributed by atoms with E-state index in [1.165, 1.54) is 0 Å². The van der Waals surface area contributed by atoms with E-state index in [0.29, 0.717) is 18.9 Å². The fraction of sp³-hybridized carbons (Fsp3) is 0.750.